The summed E-state index contributed by atoms with van der Waals surface area (Å²) in [5.41, 5.74) is 1.85. The van der Waals surface area contributed by atoms with Crippen molar-refractivity contribution in [2.75, 3.05) is 5.75 Å². The molecule has 0 unspecified atom stereocenters. The zero-order valence-corrected chi connectivity index (χ0v) is 14.3. The molecule has 0 saturated carbocycles. The van der Waals surface area contributed by atoms with Gasteiger partial charge >= 0.3 is 0 Å². The minimum absolute atomic E-state index is 0.559. The lowest BCUT2D eigenvalue weighted by Gasteiger charge is -2.10. The number of hydrogen-bond acceptors (Lipinski definition) is 4. The van der Waals surface area contributed by atoms with Crippen molar-refractivity contribution in [3.05, 3.63) is 65.4 Å². The van der Waals surface area contributed by atoms with E-state index >= 15 is 0 Å². The molecule has 0 spiro atoms. The molecule has 0 saturated heterocycles. The zero-order chi connectivity index (χ0) is 16.2. The first-order valence-corrected chi connectivity index (χ1v) is 8.47. The number of benzene rings is 1. The Morgan fingerprint density at radius 1 is 1.09 bits per heavy atom. The van der Waals surface area contributed by atoms with Crippen LogP contribution in [0.1, 0.15) is 0 Å². The topological polar surface area (TPSA) is 43.6 Å². The molecule has 0 atom stereocenters. The quantitative estimate of drug-likeness (QED) is 0.609. The van der Waals surface area contributed by atoms with Gasteiger partial charge in [0.05, 0.1) is 0 Å². The van der Waals surface area contributed by atoms with Crippen molar-refractivity contribution in [2.24, 2.45) is 0 Å². The minimum atomic E-state index is 0.559. The maximum atomic E-state index is 5.99. The van der Waals surface area contributed by atoms with Crippen LogP contribution < -0.4 is 0 Å². The molecule has 0 aliphatic carbocycles. The summed E-state index contributed by atoms with van der Waals surface area (Å²) in [6.45, 7) is 3.71. The first-order valence-electron chi connectivity index (χ1n) is 6.73. The molecule has 3 aromatic rings. The maximum absolute atomic E-state index is 5.99. The van der Waals surface area contributed by atoms with Crippen LogP contribution in [0.15, 0.2) is 65.6 Å². The number of nitrogens with zero attached hydrogens (tertiary/aromatic N) is 4. The van der Waals surface area contributed by atoms with Crippen LogP contribution in [0.5, 0.6) is 0 Å². The summed E-state index contributed by atoms with van der Waals surface area (Å²) in [4.78, 5) is 4.04. The lowest BCUT2D eigenvalue weighted by molar-refractivity contribution is 0.887. The molecule has 0 radical (unpaired) electrons. The van der Waals surface area contributed by atoms with Crippen molar-refractivity contribution >= 4 is 35.0 Å². The molecule has 0 fully saturated rings. The smallest absolute Gasteiger partial charge is 0.196 e. The normalized spacial score (nSPS) is 10.7. The van der Waals surface area contributed by atoms with E-state index in [1.165, 1.54) is 11.8 Å². The van der Waals surface area contributed by atoms with Crippen molar-refractivity contribution in [1.82, 2.24) is 19.7 Å². The fraction of sp³-hybridized carbons (Fsp3) is 0.0625. The molecule has 0 N–H and O–H groups in total. The van der Waals surface area contributed by atoms with Crippen LogP contribution in [-0.2, 0) is 0 Å². The van der Waals surface area contributed by atoms with Crippen LogP contribution >= 0.6 is 35.0 Å². The molecule has 1 aromatic carbocycles. The molecule has 2 heterocycles. The van der Waals surface area contributed by atoms with Crippen LogP contribution in [0.3, 0.4) is 0 Å². The highest BCUT2D eigenvalue weighted by atomic mass is 35.5. The van der Waals surface area contributed by atoms with E-state index in [-0.39, 0.29) is 0 Å². The molecule has 116 valence electrons. The summed E-state index contributed by atoms with van der Waals surface area (Å²) in [6, 6.07) is 11.3. The van der Waals surface area contributed by atoms with E-state index in [0.717, 1.165) is 22.2 Å². The van der Waals surface area contributed by atoms with E-state index in [0.29, 0.717) is 15.8 Å². The Morgan fingerprint density at radius 3 is 2.43 bits per heavy atom. The highest BCUT2D eigenvalue weighted by molar-refractivity contribution is 7.99. The Bertz CT molecular complexity index is 816. The van der Waals surface area contributed by atoms with Gasteiger partial charge in [-0.15, -0.1) is 10.2 Å². The van der Waals surface area contributed by atoms with Crippen molar-refractivity contribution in [1.29, 1.82) is 0 Å². The van der Waals surface area contributed by atoms with Gasteiger partial charge in [-0.05, 0) is 36.4 Å². The van der Waals surface area contributed by atoms with Crippen molar-refractivity contribution in [2.45, 2.75) is 5.16 Å². The molecule has 0 bridgehead atoms. The SMILES string of the molecule is C=C(Cl)CSc1nnc(-c2ccncc2)n1-c1ccc(Cl)cc1. The lowest BCUT2D eigenvalue weighted by atomic mass is 10.2. The maximum Gasteiger partial charge on any atom is 0.196 e. The summed E-state index contributed by atoms with van der Waals surface area (Å²) in [5, 5.41) is 10.6. The van der Waals surface area contributed by atoms with Crippen molar-refractivity contribution in [3.63, 3.8) is 0 Å². The van der Waals surface area contributed by atoms with Crippen molar-refractivity contribution < 1.29 is 0 Å². The Kier molecular flexibility index (Phi) is 5.00. The van der Waals surface area contributed by atoms with Gasteiger partial charge < -0.3 is 0 Å². The van der Waals surface area contributed by atoms with Crippen LogP contribution in [-0.4, -0.2) is 25.5 Å². The zero-order valence-electron chi connectivity index (χ0n) is 12.0. The Morgan fingerprint density at radius 2 is 1.78 bits per heavy atom. The Labute approximate surface area is 148 Å². The molecule has 0 amide bonds. The van der Waals surface area contributed by atoms with E-state index in [4.69, 9.17) is 23.2 Å². The van der Waals surface area contributed by atoms with Crippen LogP contribution in [0.4, 0.5) is 0 Å². The number of halogens is 2. The van der Waals surface area contributed by atoms with Gasteiger partial charge in [-0.1, -0.05) is 41.5 Å². The highest BCUT2D eigenvalue weighted by Crippen LogP contribution is 2.29. The predicted molar refractivity (Wildman–Crippen MR) is 95.3 cm³/mol. The van der Waals surface area contributed by atoms with E-state index in [1.807, 2.05) is 41.0 Å². The van der Waals surface area contributed by atoms with Gasteiger partial charge in [-0.3, -0.25) is 9.55 Å². The van der Waals surface area contributed by atoms with Gasteiger partial charge in [0.2, 0.25) is 0 Å². The summed E-state index contributed by atoms with van der Waals surface area (Å²) in [6.07, 6.45) is 3.45. The molecular weight excluding hydrogens is 351 g/mol. The average molecular weight is 363 g/mol. The molecule has 0 aliphatic rings. The molecule has 7 heteroatoms. The van der Waals surface area contributed by atoms with Gasteiger partial charge in [0.25, 0.3) is 0 Å². The third-order valence-corrected chi connectivity index (χ3v) is 4.57. The largest absolute Gasteiger partial charge is 0.270 e. The Hall–Kier alpha value is -1.82. The fourth-order valence-corrected chi connectivity index (χ4v) is 3.01. The van der Waals surface area contributed by atoms with Crippen LogP contribution in [0.25, 0.3) is 17.1 Å². The minimum Gasteiger partial charge on any atom is -0.270 e. The standard InChI is InChI=1S/C16H12Cl2N4S/c1-11(17)10-23-16-21-20-15(12-6-8-19-9-7-12)22(16)14-4-2-13(18)3-5-14/h2-9H,1,10H2. The second kappa shape index (κ2) is 7.17. The molecule has 0 aliphatic heterocycles. The number of hydrogen-bond donors (Lipinski definition) is 0. The van der Waals surface area contributed by atoms with Gasteiger partial charge in [0.1, 0.15) is 0 Å². The first kappa shape index (κ1) is 16.1. The van der Waals surface area contributed by atoms with E-state index in [9.17, 15) is 0 Å². The second-order valence-corrected chi connectivity index (χ2v) is 6.57. The average Bonchev–Trinajstić information content (AvgIpc) is 2.98. The van der Waals surface area contributed by atoms with Gasteiger partial charge in [0.15, 0.2) is 11.0 Å². The van der Waals surface area contributed by atoms with Gasteiger partial charge in [-0.2, -0.15) is 0 Å². The second-order valence-electron chi connectivity index (χ2n) is 4.66. The predicted octanol–water partition coefficient (Wildman–Crippen LogP) is 4.83. The number of thioether (sulfide) groups is 1. The number of rotatable bonds is 5. The van der Waals surface area contributed by atoms with E-state index < -0.39 is 0 Å². The summed E-state index contributed by atoms with van der Waals surface area (Å²) in [7, 11) is 0. The summed E-state index contributed by atoms with van der Waals surface area (Å²) >= 11 is 13.3. The van der Waals surface area contributed by atoms with Crippen LogP contribution in [0, 0.1) is 0 Å². The summed E-state index contributed by atoms with van der Waals surface area (Å²) in [5.74, 6) is 1.29. The lowest BCUT2D eigenvalue weighted by Crippen LogP contribution is -2.00. The third kappa shape index (κ3) is 3.75. The number of aromatic nitrogens is 4. The van der Waals surface area contributed by atoms with Crippen LogP contribution in [0.2, 0.25) is 5.02 Å². The Balaban J connectivity index is 2.10. The monoisotopic (exact) mass is 362 g/mol. The molecule has 3 rings (SSSR count). The molecule has 4 nitrogen and oxygen atoms in total. The highest BCUT2D eigenvalue weighted by Gasteiger charge is 2.16. The molecule has 23 heavy (non-hydrogen) atoms. The first-order chi connectivity index (χ1) is 11.1. The van der Waals surface area contributed by atoms with Gasteiger partial charge in [0, 0.05) is 39.5 Å². The third-order valence-electron chi connectivity index (χ3n) is 3.01. The van der Waals surface area contributed by atoms with Crippen molar-refractivity contribution in [3.8, 4) is 17.1 Å². The van der Waals surface area contributed by atoms with Gasteiger partial charge in [-0.25, -0.2) is 0 Å². The van der Waals surface area contributed by atoms with E-state index in [1.54, 1.807) is 12.4 Å². The fourth-order valence-electron chi connectivity index (χ4n) is 2.02. The summed E-state index contributed by atoms with van der Waals surface area (Å²) < 4.78 is 1.97. The molecular formula is C16H12Cl2N4S. The number of pyridine rings is 1. The molecule has 2 aromatic heterocycles. The van der Waals surface area contributed by atoms with E-state index in [2.05, 4.69) is 21.8 Å².